The lowest BCUT2D eigenvalue weighted by molar-refractivity contribution is 0.397. The molecule has 88 valence electrons. The molecule has 0 N–H and O–H groups in total. The van der Waals surface area contributed by atoms with Gasteiger partial charge >= 0.3 is 0 Å². The molecule has 0 aromatic rings. The average Bonchev–Trinajstić information content (AvgIpc) is 2.33. The van der Waals surface area contributed by atoms with E-state index in [1.165, 1.54) is 64.2 Å². The second-order valence-electron chi connectivity index (χ2n) is 5.13. The van der Waals surface area contributed by atoms with Crippen molar-refractivity contribution >= 4 is 8.15 Å². The molecule has 2 aliphatic carbocycles. The van der Waals surface area contributed by atoms with E-state index in [0.717, 1.165) is 11.3 Å². The maximum atomic E-state index is 5.89. The van der Waals surface area contributed by atoms with E-state index in [-0.39, 0.29) is 8.15 Å². The van der Waals surface area contributed by atoms with Crippen LogP contribution in [0.2, 0.25) is 0 Å². The Hall–Kier alpha value is 0.390. The van der Waals surface area contributed by atoms with Gasteiger partial charge in [-0.1, -0.05) is 38.5 Å². The molecule has 2 heteroatoms. The summed E-state index contributed by atoms with van der Waals surface area (Å²) in [7, 11) is 1.87. The number of rotatable bonds is 3. The van der Waals surface area contributed by atoms with Gasteiger partial charge < -0.3 is 4.52 Å². The fraction of sp³-hybridized carbons (Fsp3) is 1.00. The highest BCUT2D eigenvalue weighted by molar-refractivity contribution is 7.54. The zero-order valence-electron chi connectivity index (χ0n) is 10.1. The van der Waals surface area contributed by atoms with Gasteiger partial charge in [0.05, 0.1) is 0 Å². The van der Waals surface area contributed by atoms with Crippen LogP contribution in [0.1, 0.15) is 64.2 Å². The van der Waals surface area contributed by atoms with Crippen LogP contribution in [0.25, 0.3) is 0 Å². The van der Waals surface area contributed by atoms with Crippen LogP contribution >= 0.6 is 8.15 Å². The third-order valence-corrected chi connectivity index (χ3v) is 6.97. The highest BCUT2D eigenvalue weighted by atomic mass is 31.1. The van der Waals surface area contributed by atoms with Crippen molar-refractivity contribution in [3.8, 4) is 0 Å². The molecule has 2 saturated carbocycles. The summed E-state index contributed by atoms with van der Waals surface area (Å²) < 4.78 is 5.89. The van der Waals surface area contributed by atoms with Gasteiger partial charge in [-0.2, -0.15) is 0 Å². The van der Waals surface area contributed by atoms with Crippen LogP contribution in [0, 0.1) is 0 Å². The molecule has 2 fully saturated rings. The van der Waals surface area contributed by atoms with Crippen LogP contribution in [-0.4, -0.2) is 18.4 Å². The van der Waals surface area contributed by atoms with E-state index < -0.39 is 0 Å². The second-order valence-corrected chi connectivity index (χ2v) is 7.67. The summed E-state index contributed by atoms with van der Waals surface area (Å²) >= 11 is 0. The quantitative estimate of drug-likeness (QED) is 0.636. The third kappa shape index (κ3) is 3.17. The summed E-state index contributed by atoms with van der Waals surface area (Å²) in [6, 6.07) is 0. The van der Waals surface area contributed by atoms with Crippen molar-refractivity contribution in [2.45, 2.75) is 75.5 Å². The Morgan fingerprint density at radius 3 is 1.47 bits per heavy atom. The largest absolute Gasteiger partial charge is 0.362 e. The molecule has 0 atom stereocenters. The molecule has 0 amide bonds. The molecule has 0 bridgehead atoms. The molecule has 0 aliphatic heterocycles. The van der Waals surface area contributed by atoms with Gasteiger partial charge in [0.1, 0.15) is 0 Å². The molecule has 0 saturated heterocycles. The summed E-state index contributed by atoms with van der Waals surface area (Å²) in [4.78, 5) is 0. The van der Waals surface area contributed by atoms with Crippen LogP contribution < -0.4 is 0 Å². The van der Waals surface area contributed by atoms with Crippen LogP contribution in [0.15, 0.2) is 0 Å². The molecule has 0 heterocycles. The molecule has 0 aromatic heterocycles. The van der Waals surface area contributed by atoms with E-state index in [0.29, 0.717) is 0 Å². The predicted molar refractivity (Wildman–Crippen MR) is 67.7 cm³/mol. The van der Waals surface area contributed by atoms with Crippen LogP contribution in [-0.2, 0) is 4.52 Å². The van der Waals surface area contributed by atoms with E-state index in [2.05, 4.69) is 0 Å². The van der Waals surface area contributed by atoms with Crippen LogP contribution in [0.4, 0.5) is 0 Å². The highest BCUT2D eigenvalue weighted by Gasteiger charge is 2.31. The number of hydrogen-bond donors (Lipinski definition) is 0. The van der Waals surface area contributed by atoms with E-state index >= 15 is 0 Å². The maximum absolute atomic E-state index is 5.89. The molecular weight excluding hydrogens is 203 g/mol. The van der Waals surface area contributed by atoms with Gasteiger partial charge in [0.25, 0.3) is 0 Å². The highest BCUT2D eigenvalue weighted by Crippen LogP contribution is 2.55. The molecule has 2 rings (SSSR count). The lowest BCUT2D eigenvalue weighted by Gasteiger charge is -2.36. The molecule has 2 aliphatic rings. The summed E-state index contributed by atoms with van der Waals surface area (Å²) in [5.41, 5.74) is 1.89. The lowest BCUT2D eigenvalue weighted by Crippen LogP contribution is -2.21. The Morgan fingerprint density at radius 1 is 0.733 bits per heavy atom. The zero-order valence-corrected chi connectivity index (χ0v) is 11.0. The first-order chi connectivity index (χ1) is 7.42. The van der Waals surface area contributed by atoms with Gasteiger partial charge in [0.2, 0.25) is 0 Å². The van der Waals surface area contributed by atoms with Gasteiger partial charge in [-0.05, 0) is 25.7 Å². The Bertz CT molecular complexity index is 153. The Labute approximate surface area is 95.8 Å². The summed E-state index contributed by atoms with van der Waals surface area (Å²) in [6.07, 6.45) is 14.6. The van der Waals surface area contributed by atoms with Crippen molar-refractivity contribution in [1.29, 1.82) is 0 Å². The van der Waals surface area contributed by atoms with Crippen LogP contribution in [0.3, 0.4) is 0 Å². The zero-order chi connectivity index (χ0) is 10.5. The predicted octanol–water partition coefficient (Wildman–Crippen LogP) is 4.70. The minimum absolute atomic E-state index is 0.0948. The first kappa shape index (κ1) is 11.9. The molecule has 0 aromatic carbocycles. The van der Waals surface area contributed by atoms with E-state index in [4.69, 9.17) is 4.52 Å². The van der Waals surface area contributed by atoms with Crippen molar-refractivity contribution in [3.63, 3.8) is 0 Å². The Balaban J connectivity index is 1.88. The van der Waals surface area contributed by atoms with Gasteiger partial charge in [0.15, 0.2) is 0 Å². The molecule has 0 unspecified atom stereocenters. The maximum Gasteiger partial charge on any atom is 0.0398 e. The van der Waals surface area contributed by atoms with Crippen molar-refractivity contribution in [3.05, 3.63) is 0 Å². The standard InChI is InChI=1S/C13H25OP/c1-14-15(12-8-4-2-5-9-12)13-10-6-3-7-11-13/h12-13H,2-11H2,1H3. The molecular formula is C13H25OP. The van der Waals surface area contributed by atoms with Gasteiger partial charge in [-0.15, -0.1) is 0 Å². The first-order valence-electron chi connectivity index (χ1n) is 6.74. The van der Waals surface area contributed by atoms with Gasteiger partial charge in [-0.25, -0.2) is 0 Å². The van der Waals surface area contributed by atoms with Crippen LogP contribution in [0.5, 0.6) is 0 Å². The Morgan fingerprint density at radius 2 is 1.13 bits per heavy atom. The Kier molecular flexibility index (Phi) is 4.91. The van der Waals surface area contributed by atoms with Crippen molar-refractivity contribution in [1.82, 2.24) is 0 Å². The summed E-state index contributed by atoms with van der Waals surface area (Å²) in [5, 5.41) is 0. The smallest absolute Gasteiger partial charge is 0.0398 e. The van der Waals surface area contributed by atoms with Gasteiger partial charge in [-0.3, -0.25) is 0 Å². The monoisotopic (exact) mass is 228 g/mol. The second kappa shape index (κ2) is 6.21. The van der Waals surface area contributed by atoms with Crippen molar-refractivity contribution in [2.75, 3.05) is 7.11 Å². The lowest BCUT2D eigenvalue weighted by atomic mass is 10.00. The topological polar surface area (TPSA) is 9.23 Å². The fourth-order valence-corrected chi connectivity index (χ4v) is 6.21. The van der Waals surface area contributed by atoms with Crippen molar-refractivity contribution in [2.24, 2.45) is 0 Å². The molecule has 15 heavy (non-hydrogen) atoms. The minimum Gasteiger partial charge on any atom is -0.362 e. The average molecular weight is 228 g/mol. The summed E-state index contributed by atoms with van der Waals surface area (Å²) in [5.74, 6) is 0. The molecule has 1 nitrogen and oxygen atoms in total. The molecule has 0 radical (unpaired) electrons. The van der Waals surface area contributed by atoms with Crippen molar-refractivity contribution < 1.29 is 4.52 Å². The first-order valence-corrected chi connectivity index (χ1v) is 8.14. The normalized spacial score (nSPS) is 26.0. The van der Waals surface area contributed by atoms with E-state index in [9.17, 15) is 0 Å². The molecule has 0 spiro atoms. The fourth-order valence-electron chi connectivity index (χ4n) is 3.27. The van der Waals surface area contributed by atoms with E-state index in [1.54, 1.807) is 0 Å². The third-order valence-electron chi connectivity index (χ3n) is 4.08. The number of hydrogen-bond acceptors (Lipinski definition) is 1. The minimum atomic E-state index is -0.0948. The van der Waals surface area contributed by atoms with E-state index in [1.807, 2.05) is 7.11 Å². The van der Waals surface area contributed by atoms with Gasteiger partial charge in [0, 0.05) is 26.6 Å². The summed E-state index contributed by atoms with van der Waals surface area (Å²) in [6.45, 7) is 0. The SMILES string of the molecule is COP(C1CCCCC1)C1CCCCC1.